The van der Waals surface area contributed by atoms with E-state index in [1.54, 1.807) is 13.2 Å². The molecule has 28 heavy (non-hydrogen) atoms. The fourth-order valence-electron chi connectivity index (χ4n) is 3.24. The Morgan fingerprint density at radius 1 is 1.29 bits per heavy atom. The lowest BCUT2D eigenvalue weighted by molar-refractivity contribution is -0.140. The highest BCUT2D eigenvalue weighted by molar-refractivity contribution is 7.99. The molecule has 1 aliphatic heterocycles. The number of benzene rings is 1. The zero-order chi connectivity index (χ0) is 20.1. The van der Waals surface area contributed by atoms with Crippen LogP contribution < -0.4 is 4.74 Å². The van der Waals surface area contributed by atoms with Gasteiger partial charge >= 0.3 is 0 Å². The highest BCUT2D eigenvalue weighted by atomic mass is 32.2. The molecule has 2 aromatic rings. The zero-order valence-electron chi connectivity index (χ0n) is 16.5. The third-order valence-corrected chi connectivity index (χ3v) is 5.43. The lowest BCUT2D eigenvalue weighted by Crippen LogP contribution is -2.48. The number of hydrogen-bond acceptors (Lipinski definition) is 6. The van der Waals surface area contributed by atoms with Crippen molar-refractivity contribution in [2.24, 2.45) is 0 Å². The Morgan fingerprint density at radius 3 is 2.57 bits per heavy atom. The molecule has 8 heteroatoms. The second-order valence-electron chi connectivity index (χ2n) is 6.78. The maximum Gasteiger partial charge on any atom is 0.233 e. The topological polar surface area (TPSA) is 69.5 Å². The van der Waals surface area contributed by atoms with Gasteiger partial charge in [-0.05, 0) is 38.1 Å². The first kappa shape index (κ1) is 20.4. The van der Waals surface area contributed by atoms with Crippen LogP contribution in [0.1, 0.15) is 13.8 Å². The van der Waals surface area contributed by atoms with Crippen LogP contribution in [0.5, 0.6) is 5.75 Å². The standard InChI is InChI=1S/C20H26N4O3S/c1-5-10-24-19(16-6-8-17(26-4)9-7-16)21-22-20(24)28-13-18(25)23-11-14(2)27-15(3)12-23/h5-9,14-15H,1,10-13H2,2-4H3/t14-,15+. The van der Waals surface area contributed by atoms with Gasteiger partial charge in [-0.3, -0.25) is 9.36 Å². The summed E-state index contributed by atoms with van der Waals surface area (Å²) in [5.41, 5.74) is 0.934. The molecule has 0 bridgehead atoms. The highest BCUT2D eigenvalue weighted by Gasteiger charge is 2.26. The van der Waals surface area contributed by atoms with Crippen LogP contribution in [0.15, 0.2) is 42.1 Å². The Kier molecular flexibility index (Phi) is 6.74. The van der Waals surface area contributed by atoms with Crippen LogP contribution in [-0.2, 0) is 16.1 Å². The summed E-state index contributed by atoms with van der Waals surface area (Å²) < 4.78 is 12.9. The van der Waals surface area contributed by atoms with Gasteiger partial charge in [-0.2, -0.15) is 0 Å². The maximum atomic E-state index is 12.6. The average molecular weight is 403 g/mol. The lowest BCUT2D eigenvalue weighted by Gasteiger charge is -2.35. The largest absolute Gasteiger partial charge is 0.497 e. The first-order chi connectivity index (χ1) is 13.5. The van der Waals surface area contributed by atoms with E-state index in [4.69, 9.17) is 9.47 Å². The van der Waals surface area contributed by atoms with Crippen molar-refractivity contribution in [2.45, 2.75) is 37.8 Å². The molecule has 1 aromatic heterocycles. The molecule has 7 nitrogen and oxygen atoms in total. The van der Waals surface area contributed by atoms with Crippen LogP contribution in [0.3, 0.4) is 0 Å². The molecule has 0 radical (unpaired) electrons. The van der Waals surface area contributed by atoms with Crippen LogP contribution in [0.4, 0.5) is 0 Å². The van der Waals surface area contributed by atoms with Crippen molar-refractivity contribution in [1.29, 1.82) is 0 Å². The van der Waals surface area contributed by atoms with Gasteiger partial charge in [0.2, 0.25) is 5.91 Å². The molecule has 0 N–H and O–H groups in total. The van der Waals surface area contributed by atoms with Crippen LogP contribution in [0, 0.1) is 0 Å². The molecule has 1 aliphatic rings. The normalized spacial score (nSPS) is 19.5. The van der Waals surface area contributed by atoms with Crippen LogP contribution >= 0.6 is 11.8 Å². The van der Waals surface area contributed by atoms with Crippen molar-refractivity contribution in [3.05, 3.63) is 36.9 Å². The number of amides is 1. The quantitative estimate of drug-likeness (QED) is 0.524. The van der Waals surface area contributed by atoms with Gasteiger partial charge < -0.3 is 14.4 Å². The smallest absolute Gasteiger partial charge is 0.233 e. The molecule has 3 rings (SSSR count). The molecule has 1 amide bonds. The summed E-state index contributed by atoms with van der Waals surface area (Å²) in [4.78, 5) is 14.5. The SMILES string of the molecule is C=CCn1c(SCC(=O)N2C[C@@H](C)O[C@@H](C)C2)nnc1-c1ccc(OC)cc1. The van der Waals surface area contributed by atoms with Crippen LogP contribution in [0.25, 0.3) is 11.4 Å². The first-order valence-corrected chi connectivity index (χ1v) is 10.2. The van der Waals surface area contributed by atoms with Gasteiger partial charge in [0.05, 0.1) is 25.1 Å². The molecule has 2 atom stereocenters. The summed E-state index contributed by atoms with van der Waals surface area (Å²) in [6, 6.07) is 7.66. The Morgan fingerprint density at radius 2 is 1.96 bits per heavy atom. The van der Waals surface area contributed by atoms with Crippen molar-refractivity contribution in [3.8, 4) is 17.1 Å². The van der Waals surface area contributed by atoms with Gasteiger partial charge in [0, 0.05) is 25.2 Å². The lowest BCUT2D eigenvalue weighted by atomic mass is 10.2. The minimum absolute atomic E-state index is 0.0591. The predicted molar refractivity (Wildman–Crippen MR) is 110 cm³/mol. The number of rotatable bonds is 7. The highest BCUT2D eigenvalue weighted by Crippen LogP contribution is 2.26. The van der Waals surface area contributed by atoms with Crippen LogP contribution in [-0.4, -0.2) is 63.7 Å². The summed E-state index contributed by atoms with van der Waals surface area (Å²) >= 11 is 1.40. The number of ether oxygens (including phenoxy) is 2. The number of methoxy groups -OCH3 is 1. The molecule has 0 saturated carbocycles. The summed E-state index contributed by atoms with van der Waals surface area (Å²) in [5, 5.41) is 9.34. The molecule has 2 heterocycles. The Bertz CT molecular complexity index is 811. The summed E-state index contributed by atoms with van der Waals surface area (Å²) in [6.07, 6.45) is 1.92. The van der Waals surface area contributed by atoms with Crippen LogP contribution in [0.2, 0.25) is 0 Å². The first-order valence-electron chi connectivity index (χ1n) is 9.26. The third kappa shape index (κ3) is 4.74. The van der Waals surface area contributed by atoms with Crippen molar-refractivity contribution in [2.75, 3.05) is 26.0 Å². The molecule has 1 saturated heterocycles. The summed E-state index contributed by atoms with van der Waals surface area (Å²) in [5.74, 6) is 1.93. The number of allylic oxidation sites excluding steroid dienone is 1. The second-order valence-corrected chi connectivity index (χ2v) is 7.72. The minimum atomic E-state index is 0.0591. The van der Waals surface area contributed by atoms with Gasteiger partial charge in [0.1, 0.15) is 5.75 Å². The predicted octanol–water partition coefficient (Wildman–Crippen LogP) is 2.87. The van der Waals surface area contributed by atoms with E-state index < -0.39 is 0 Å². The fraction of sp³-hybridized carbons (Fsp3) is 0.450. The van der Waals surface area contributed by atoms with E-state index in [-0.39, 0.29) is 18.1 Å². The fourth-order valence-corrected chi connectivity index (χ4v) is 4.09. The van der Waals surface area contributed by atoms with Crippen molar-refractivity contribution in [3.63, 3.8) is 0 Å². The van der Waals surface area contributed by atoms with E-state index in [1.807, 2.05) is 47.6 Å². The van der Waals surface area contributed by atoms with E-state index in [1.165, 1.54) is 11.8 Å². The molecule has 150 valence electrons. The van der Waals surface area contributed by atoms with Crippen molar-refractivity contribution >= 4 is 17.7 Å². The number of hydrogen-bond donors (Lipinski definition) is 0. The van der Waals surface area contributed by atoms with E-state index in [9.17, 15) is 4.79 Å². The van der Waals surface area contributed by atoms with E-state index in [2.05, 4.69) is 16.8 Å². The number of aromatic nitrogens is 3. The van der Waals surface area contributed by atoms with Gasteiger partial charge in [0.15, 0.2) is 11.0 Å². The van der Waals surface area contributed by atoms with Gasteiger partial charge in [-0.15, -0.1) is 16.8 Å². The molecule has 1 fully saturated rings. The monoisotopic (exact) mass is 402 g/mol. The molecule has 0 aliphatic carbocycles. The van der Waals surface area contributed by atoms with Gasteiger partial charge in [-0.25, -0.2) is 0 Å². The molecular weight excluding hydrogens is 376 g/mol. The average Bonchev–Trinajstić information content (AvgIpc) is 3.08. The van der Waals surface area contributed by atoms with E-state index in [0.717, 1.165) is 17.1 Å². The Labute approximate surface area is 169 Å². The number of thioether (sulfide) groups is 1. The van der Waals surface area contributed by atoms with Gasteiger partial charge in [0.25, 0.3) is 0 Å². The summed E-state index contributed by atoms with van der Waals surface area (Å²) in [6.45, 7) is 9.63. The Hall–Kier alpha value is -2.32. The third-order valence-electron chi connectivity index (χ3n) is 4.47. The Balaban J connectivity index is 1.72. The molecule has 1 aromatic carbocycles. The molecule has 0 unspecified atom stereocenters. The molecular formula is C20H26N4O3S. The second kappa shape index (κ2) is 9.25. The summed E-state index contributed by atoms with van der Waals surface area (Å²) in [7, 11) is 1.64. The number of nitrogens with zero attached hydrogens (tertiary/aromatic N) is 4. The van der Waals surface area contributed by atoms with Crippen molar-refractivity contribution < 1.29 is 14.3 Å². The zero-order valence-corrected chi connectivity index (χ0v) is 17.3. The maximum absolute atomic E-state index is 12.6. The number of carbonyl (C=O) groups excluding carboxylic acids is 1. The number of morpholine rings is 1. The van der Waals surface area contributed by atoms with Crippen molar-refractivity contribution in [1.82, 2.24) is 19.7 Å². The van der Waals surface area contributed by atoms with E-state index >= 15 is 0 Å². The van der Waals surface area contributed by atoms with Gasteiger partial charge in [-0.1, -0.05) is 17.8 Å². The minimum Gasteiger partial charge on any atom is -0.497 e. The molecule has 0 spiro atoms. The number of carbonyl (C=O) groups is 1. The van der Waals surface area contributed by atoms with E-state index in [0.29, 0.717) is 30.5 Å².